The molecule has 78 valence electrons. The molecule has 0 radical (unpaired) electrons. The second kappa shape index (κ2) is 3.68. The van der Waals surface area contributed by atoms with Crippen LogP contribution in [0.5, 0.6) is 5.75 Å². The molecule has 2 aromatic heterocycles. The van der Waals surface area contributed by atoms with Gasteiger partial charge in [-0.2, -0.15) is 0 Å². The molecule has 0 aliphatic carbocycles. The van der Waals surface area contributed by atoms with Gasteiger partial charge in [0, 0.05) is 13.1 Å². The molecular formula is C10H11N3O2. The van der Waals surface area contributed by atoms with E-state index >= 15 is 0 Å². The Labute approximate surface area is 87.1 Å². The predicted octanol–water partition coefficient (Wildman–Crippen LogP) is 1.76. The van der Waals surface area contributed by atoms with Gasteiger partial charge in [0.2, 0.25) is 11.8 Å². The molecule has 0 saturated heterocycles. The fourth-order valence-electron chi connectivity index (χ4n) is 1.25. The molecular weight excluding hydrogens is 194 g/mol. The quantitative estimate of drug-likeness (QED) is 0.747. The molecule has 2 aromatic rings. The van der Waals surface area contributed by atoms with Crippen molar-refractivity contribution in [3.05, 3.63) is 23.8 Å². The van der Waals surface area contributed by atoms with E-state index < -0.39 is 0 Å². The van der Waals surface area contributed by atoms with Gasteiger partial charge in [-0.3, -0.25) is 4.98 Å². The molecule has 15 heavy (non-hydrogen) atoms. The lowest BCUT2D eigenvalue weighted by molar-refractivity contribution is 0.409. The van der Waals surface area contributed by atoms with E-state index in [0.29, 0.717) is 17.5 Å². The van der Waals surface area contributed by atoms with Crippen LogP contribution in [0.3, 0.4) is 0 Å². The van der Waals surface area contributed by atoms with Crippen LogP contribution in [0.2, 0.25) is 0 Å². The second-order valence-electron chi connectivity index (χ2n) is 3.14. The number of rotatable bonds is 2. The largest absolute Gasteiger partial charge is 0.495 e. The van der Waals surface area contributed by atoms with E-state index in [-0.39, 0.29) is 0 Å². The van der Waals surface area contributed by atoms with Crippen LogP contribution in [0, 0.1) is 13.8 Å². The smallest absolute Gasteiger partial charge is 0.249 e. The van der Waals surface area contributed by atoms with Crippen molar-refractivity contribution >= 4 is 0 Å². The summed E-state index contributed by atoms with van der Waals surface area (Å²) >= 11 is 0. The van der Waals surface area contributed by atoms with Crippen LogP contribution >= 0.6 is 0 Å². The fourth-order valence-corrected chi connectivity index (χ4v) is 1.25. The van der Waals surface area contributed by atoms with Crippen LogP contribution in [-0.2, 0) is 0 Å². The van der Waals surface area contributed by atoms with Gasteiger partial charge in [0.05, 0.1) is 18.4 Å². The van der Waals surface area contributed by atoms with Crippen molar-refractivity contribution < 1.29 is 9.15 Å². The molecule has 0 atom stereocenters. The van der Waals surface area contributed by atoms with Crippen molar-refractivity contribution in [2.24, 2.45) is 0 Å². The average molecular weight is 205 g/mol. The average Bonchev–Trinajstić information content (AvgIpc) is 2.66. The van der Waals surface area contributed by atoms with Gasteiger partial charge in [0.1, 0.15) is 5.75 Å². The lowest BCUT2D eigenvalue weighted by atomic mass is 10.2. The van der Waals surface area contributed by atoms with Crippen molar-refractivity contribution in [3.8, 4) is 17.2 Å². The molecule has 0 fully saturated rings. The third-order valence-electron chi connectivity index (χ3n) is 2.03. The summed E-state index contributed by atoms with van der Waals surface area (Å²) < 4.78 is 10.5. The Morgan fingerprint density at radius 2 is 2.07 bits per heavy atom. The SMILES string of the molecule is COc1cc(-c2nnc(C)o2)cnc1C. The number of ether oxygens (including phenoxy) is 1. The second-order valence-corrected chi connectivity index (χ2v) is 3.14. The van der Waals surface area contributed by atoms with Gasteiger partial charge in [-0.15, -0.1) is 10.2 Å². The standard InChI is InChI=1S/C10H11N3O2/c1-6-9(14-3)4-8(5-11-6)10-13-12-7(2)15-10/h4-5H,1-3H3. The number of aryl methyl sites for hydroxylation is 2. The topological polar surface area (TPSA) is 61.0 Å². The summed E-state index contributed by atoms with van der Waals surface area (Å²) in [6.45, 7) is 3.62. The summed E-state index contributed by atoms with van der Waals surface area (Å²) in [5.74, 6) is 1.70. The molecule has 0 aliphatic heterocycles. The number of aromatic nitrogens is 3. The van der Waals surface area contributed by atoms with Crippen LogP contribution < -0.4 is 4.74 Å². The molecule has 0 unspecified atom stereocenters. The zero-order valence-electron chi connectivity index (χ0n) is 8.81. The Kier molecular flexibility index (Phi) is 2.37. The first-order valence-corrected chi connectivity index (χ1v) is 4.52. The normalized spacial score (nSPS) is 10.3. The van der Waals surface area contributed by atoms with E-state index in [1.807, 2.05) is 13.0 Å². The first-order valence-electron chi connectivity index (χ1n) is 4.52. The maximum Gasteiger partial charge on any atom is 0.249 e. The highest BCUT2D eigenvalue weighted by Gasteiger charge is 2.09. The number of pyridine rings is 1. The highest BCUT2D eigenvalue weighted by Crippen LogP contribution is 2.23. The highest BCUT2D eigenvalue weighted by molar-refractivity contribution is 5.54. The minimum absolute atomic E-state index is 0.457. The Bertz CT molecular complexity index is 479. The Balaban J connectivity index is 2.45. The first kappa shape index (κ1) is 9.64. The third kappa shape index (κ3) is 1.81. The van der Waals surface area contributed by atoms with E-state index in [9.17, 15) is 0 Å². The summed E-state index contributed by atoms with van der Waals surface area (Å²) in [5, 5.41) is 7.66. The minimum Gasteiger partial charge on any atom is -0.495 e. The van der Waals surface area contributed by atoms with Gasteiger partial charge < -0.3 is 9.15 Å². The molecule has 2 heterocycles. The van der Waals surface area contributed by atoms with Crippen LogP contribution in [0.15, 0.2) is 16.7 Å². The molecule has 0 saturated carbocycles. The summed E-state index contributed by atoms with van der Waals surface area (Å²) in [7, 11) is 1.60. The van der Waals surface area contributed by atoms with Crippen LogP contribution in [0.1, 0.15) is 11.6 Å². The van der Waals surface area contributed by atoms with Crippen molar-refractivity contribution in [1.82, 2.24) is 15.2 Å². The van der Waals surface area contributed by atoms with Crippen LogP contribution in [-0.4, -0.2) is 22.3 Å². The fraction of sp³-hybridized carbons (Fsp3) is 0.300. The Morgan fingerprint density at radius 3 is 2.67 bits per heavy atom. The van der Waals surface area contributed by atoms with E-state index in [1.165, 1.54) is 0 Å². The van der Waals surface area contributed by atoms with Gasteiger partial charge in [-0.25, -0.2) is 0 Å². The molecule has 0 bridgehead atoms. The maximum absolute atomic E-state index is 5.29. The number of nitrogens with zero attached hydrogens (tertiary/aromatic N) is 3. The van der Waals surface area contributed by atoms with Crippen molar-refractivity contribution in [1.29, 1.82) is 0 Å². The van der Waals surface area contributed by atoms with Gasteiger partial charge in [0.25, 0.3) is 0 Å². The van der Waals surface area contributed by atoms with Crippen molar-refractivity contribution in [3.63, 3.8) is 0 Å². The first-order chi connectivity index (χ1) is 7.20. The monoisotopic (exact) mass is 205 g/mol. The molecule has 0 aliphatic rings. The molecule has 0 amide bonds. The number of methoxy groups -OCH3 is 1. The lowest BCUT2D eigenvalue weighted by Gasteiger charge is -2.03. The maximum atomic E-state index is 5.29. The minimum atomic E-state index is 0.457. The zero-order chi connectivity index (χ0) is 10.8. The highest BCUT2D eigenvalue weighted by atomic mass is 16.5. The van der Waals surface area contributed by atoms with Crippen LogP contribution in [0.25, 0.3) is 11.5 Å². The van der Waals surface area contributed by atoms with Crippen molar-refractivity contribution in [2.75, 3.05) is 7.11 Å². The number of hydrogen-bond acceptors (Lipinski definition) is 5. The summed E-state index contributed by atoms with van der Waals surface area (Å²) in [5.41, 5.74) is 1.59. The van der Waals surface area contributed by atoms with Gasteiger partial charge in [-0.05, 0) is 13.0 Å². The Hall–Kier alpha value is -1.91. The van der Waals surface area contributed by atoms with Crippen LogP contribution in [0.4, 0.5) is 0 Å². The summed E-state index contributed by atoms with van der Waals surface area (Å²) in [6.07, 6.45) is 1.69. The van der Waals surface area contributed by atoms with E-state index in [2.05, 4.69) is 15.2 Å². The van der Waals surface area contributed by atoms with Gasteiger partial charge in [0.15, 0.2) is 0 Å². The molecule has 0 spiro atoms. The van der Waals surface area contributed by atoms with Crippen molar-refractivity contribution in [2.45, 2.75) is 13.8 Å². The van der Waals surface area contributed by atoms with Gasteiger partial charge in [-0.1, -0.05) is 0 Å². The molecule has 5 heteroatoms. The summed E-state index contributed by atoms with van der Waals surface area (Å²) in [4.78, 5) is 4.18. The molecule has 2 rings (SSSR count). The molecule has 0 N–H and O–H groups in total. The third-order valence-corrected chi connectivity index (χ3v) is 2.03. The predicted molar refractivity (Wildman–Crippen MR) is 53.6 cm³/mol. The van der Waals surface area contributed by atoms with E-state index in [4.69, 9.17) is 9.15 Å². The lowest BCUT2D eigenvalue weighted by Crippen LogP contribution is -1.91. The van der Waals surface area contributed by atoms with E-state index in [0.717, 1.165) is 11.3 Å². The van der Waals surface area contributed by atoms with E-state index in [1.54, 1.807) is 20.2 Å². The molecule has 0 aromatic carbocycles. The summed E-state index contributed by atoms with van der Waals surface area (Å²) in [6, 6.07) is 1.83. The number of hydrogen-bond donors (Lipinski definition) is 0. The Morgan fingerprint density at radius 1 is 1.27 bits per heavy atom. The van der Waals surface area contributed by atoms with Gasteiger partial charge >= 0.3 is 0 Å². The zero-order valence-corrected chi connectivity index (χ0v) is 8.81. The molecule has 5 nitrogen and oxygen atoms in total.